The number of amides is 1. The van der Waals surface area contributed by atoms with E-state index in [4.69, 9.17) is 0 Å². The molecule has 0 aromatic carbocycles. The number of carbonyl (C=O) groups excluding carboxylic acids is 1. The lowest BCUT2D eigenvalue weighted by molar-refractivity contribution is -0.122. The number of aryl methyl sites for hydroxylation is 1. The van der Waals surface area contributed by atoms with Crippen molar-refractivity contribution in [3.8, 4) is 0 Å². The van der Waals surface area contributed by atoms with Crippen molar-refractivity contribution in [2.24, 2.45) is 0 Å². The van der Waals surface area contributed by atoms with E-state index in [1.165, 1.54) is 36.2 Å². The molecule has 1 fully saturated rings. The van der Waals surface area contributed by atoms with E-state index in [0.29, 0.717) is 0 Å². The Labute approximate surface area is 119 Å². The second-order valence-corrected chi connectivity index (χ2v) is 5.50. The van der Waals surface area contributed by atoms with Crippen LogP contribution in [-0.2, 0) is 17.8 Å². The van der Waals surface area contributed by atoms with E-state index >= 15 is 0 Å². The number of rotatable bonds is 5. The molecule has 1 aromatic heterocycles. The van der Waals surface area contributed by atoms with Crippen LogP contribution in [0.4, 0.5) is 0 Å². The predicted octanol–water partition coefficient (Wildman–Crippen LogP) is 1.64. The summed E-state index contributed by atoms with van der Waals surface area (Å²) in [6.07, 6.45) is 8.95. The first-order valence-electron chi connectivity index (χ1n) is 7.53. The summed E-state index contributed by atoms with van der Waals surface area (Å²) in [5.41, 5.74) is 0.642. The molecule has 110 valence electrons. The second kappa shape index (κ2) is 7.22. The van der Waals surface area contributed by atoms with Crippen LogP contribution in [0.1, 0.15) is 51.1 Å². The van der Waals surface area contributed by atoms with Gasteiger partial charge in [0.1, 0.15) is 6.54 Å². The summed E-state index contributed by atoms with van der Waals surface area (Å²) in [5.74, 6) is -0.0935. The first-order valence-corrected chi connectivity index (χ1v) is 7.53. The predicted molar refractivity (Wildman–Crippen MR) is 77.5 cm³/mol. The van der Waals surface area contributed by atoms with E-state index < -0.39 is 0 Å². The molecule has 1 aliphatic rings. The molecule has 0 spiro atoms. The summed E-state index contributed by atoms with van der Waals surface area (Å²) < 4.78 is 1.37. The fourth-order valence-corrected chi connectivity index (χ4v) is 2.65. The van der Waals surface area contributed by atoms with E-state index in [2.05, 4.69) is 10.3 Å². The molecule has 1 amide bonds. The van der Waals surface area contributed by atoms with Crippen molar-refractivity contribution >= 4 is 5.91 Å². The standard InChI is InChI=1S/C15H23N3O2/c1-2-6-13-9-15(20)18(11-16-13)10-14(19)17-12-7-4-3-5-8-12/h9,11-12H,2-8,10H2,1H3,(H,17,19). The third kappa shape index (κ3) is 4.18. The first-order chi connectivity index (χ1) is 9.69. The lowest BCUT2D eigenvalue weighted by Crippen LogP contribution is -2.39. The van der Waals surface area contributed by atoms with Crippen molar-refractivity contribution < 1.29 is 4.79 Å². The van der Waals surface area contributed by atoms with Gasteiger partial charge in [-0.25, -0.2) is 4.98 Å². The molecule has 0 aliphatic heterocycles. The Hall–Kier alpha value is -1.65. The van der Waals surface area contributed by atoms with Crippen LogP contribution in [0.3, 0.4) is 0 Å². The number of nitrogens with zero attached hydrogens (tertiary/aromatic N) is 2. The number of nitrogens with one attached hydrogen (secondary N) is 1. The van der Waals surface area contributed by atoms with Crippen molar-refractivity contribution in [3.63, 3.8) is 0 Å². The maximum atomic E-state index is 11.9. The molecule has 20 heavy (non-hydrogen) atoms. The Kier molecular flexibility index (Phi) is 5.32. The highest BCUT2D eigenvalue weighted by Gasteiger charge is 2.16. The Morgan fingerprint density at radius 2 is 2.15 bits per heavy atom. The maximum absolute atomic E-state index is 11.9. The van der Waals surface area contributed by atoms with Gasteiger partial charge in [0.2, 0.25) is 5.91 Å². The molecule has 1 saturated carbocycles. The summed E-state index contributed by atoms with van der Waals surface area (Å²) in [5, 5.41) is 3.01. The summed E-state index contributed by atoms with van der Waals surface area (Å²) in [6.45, 7) is 2.11. The molecule has 0 radical (unpaired) electrons. The zero-order chi connectivity index (χ0) is 14.4. The zero-order valence-corrected chi connectivity index (χ0v) is 12.1. The number of carbonyl (C=O) groups is 1. The van der Waals surface area contributed by atoms with Gasteiger partial charge in [0.25, 0.3) is 5.56 Å². The molecule has 1 N–H and O–H groups in total. The van der Waals surface area contributed by atoms with Crippen LogP contribution in [0.2, 0.25) is 0 Å². The lowest BCUT2D eigenvalue weighted by atomic mass is 9.95. The van der Waals surface area contributed by atoms with Crippen LogP contribution in [0.25, 0.3) is 0 Å². The molecular weight excluding hydrogens is 254 g/mol. The van der Waals surface area contributed by atoms with E-state index in [-0.39, 0.29) is 24.1 Å². The average molecular weight is 277 g/mol. The molecule has 1 aromatic rings. The Bertz CT molecular complexity index is 504. The Morgan fingerprint density at radius 1 is 1.40 bits per heavy atom. The van der Waals surface area contributed by atoms with Crippen molar-refractivity contribution in [2.75, 3.05) is 0 Å². The van der Waals surface area contributed by atoms with Crippen LogP contribution < -0.4 is 10.9 Å². The zero-order valence-electron chi connectivity index (χ0n) is 12.1. The molecule has 0 atom stereocenters. The average Bonchev–Trinajstić information content (AvgIpc) is 2.43. The van der Waals surface area contributed by atoms with Gasteiger partial charge in [-0.2, -0.15) is 0 Å². The van der Waals surface area contributed by atoms with Gasteiger partial charge in [-0.05, 0) is 19.3 Å². The molecule has 5 nitrogen and oxygen atoms in total. The van der Waals surface area contributed by atoms with Crippen molar-refractivity contribution in [2.45, 2.75) is 64.5 Å². The van der Waals surface area contributed by atoms with Gasteiger partial charge in [0, 0.05) is 17.8 Å². The highest BCUT2D eigenvalue weighted by Crippen LogP contribution is 2.17. The molecule has 5 heteroatoms. The minimum Gasteiger partial charge on any atom is -0.352 e. The Balaban J connectivity index is 1.91. The van der Waals surface area contributed by atoms with Gasteiger partial charge in [0.15, 0.2) is 0 Å². The van der Waals surface area contributed by atoms with Crippen LogP contribution in [-0.4, -0.2) is 21.5 Å². The van der Waals surface area contributed by atoms with Crippen molar-refractivity contribution in [3.05, 3.63) is 28.4 Å². The van der Waals surface area contributed by atoms with Gasteiger partial charge < -0.3 is 5.32 Å². The van der Waals surface area contributed by atoms with Crippen LogP contribution in [0.5, 0.6) is 0 Å². The number of hydrogen-bond donors (Lipinski definition) is 1. The summed E-state index contributed by atoms with van der Waals surface area (Å²) in [7, 11) is 0. The van der Waals surface area contributed by atoms with Gasteiger partial charge in [-0.3, -0.25) is 14.2 Å². The fraction of sp³-hybridized carbons (Fsp3) is 0.667. The molecule has 0 unspecified atom stereocenters. The van der Waals surface area contributed by atoms with E-state index in [0.717, 1.165) is 31.4 Å². The van der Waals surface area contributed by atoms with E-state index in [9.17, 15) is 9.59 Å². The van der Waals surface area contributed by atoms with E-state index in [1.807, 2.05) is 6.92 Å². The summed E-state index contributed by atoms with van der Waals surface area (Å²) >= 11 is 0. The van der Waals surface area contributed by atoms with Crippen LogP contribution in [0.15, 0.2) is 17.2 Å². The molecule has 0 bridgehead atoms. The third-order valence-corrected chi connectivity index (χ3v) is 3.73. The third-order valence-electron chi connectivity index (χ3n) is 3.73. The SMILES string of the molecule is CCCc1cc(=O)n(CC(=O)NC2CCCCC2)cn1. The van der Waals surface area contributed by atoms with Crippen LogP contribution in [0, 0.1) is 0 Å². The molecular formula is C15H23N3O2. The van der Waals surface area contributed by atoms with Gasteiger partial charge in [-0.15, -0.1) is 0 Å². The molecule has 0 saturated heterocycles. The number of hydrogen-bond acceptors (Lipinski definition) is 3. The quantitative estimate of drug-likeness (QED) is 0.890. The number of aromatic nitrogens is 2. The first kappa shape index (κ1) is 14.8. The van der Waals surface area contributed by atoms with Gasteiger partial charge >= 0.3 is 0 Å². The Morgan fingerprint density at radius 3 is 2.80 bits per heavy atom. The largest absolute Gasteiger partial charge is 0.352 e. The highest BCUT2D eigenvalue weighted by atomic mass is 16.2. The molecule has 1 heterocycles. The van der Waals surface area contributed by atoms with Crippen molar-refractivity contribution in [1.29, 1.82) is 0 Å². The van der Waals surface area contributed by atoms with Crippen LogP contribution >= 0.6 is 0 Å². The lowest BCUT2D eigenvalue weighted by Gasteiger charge is -2.22. The van der Waals surface area contributed by atoms with Crippen molar-refractivity contribution in [1.82, 2.24) is 14.9 Å². The van der Waals surface area contributed by atoms with Gasteiger partial charge in [0.05, 0.1) is 6.33 Å². The maximum Gasteiger partial charge on any atom is 0.253 e. The normalized spacial score (nSPS) is 16.1. The van der Waals surface area contributed by atoms with E-state index in [1.54, 1.807) is 0 Å². The minimum absolute atomic E-state index is 0.0642. The van der Waals surface area contributed by atoms with Gasteiger partial charge in [-0.1, -0.05) is 32.6 Å². The highest BCUT2D eigenvalue weighted by molar-refractivity contribution is 5.76. The summed E-state index contributed by atoms with van der Waals surface area (Å²) in [6, 6.07) is 1.80. The molecule has 1 aliphatic carbocycles. The topological polar surface area (TPSA) is 64.0 Å². The minimum atomic E-state index is -0.151. The molecule has 2 rings (SSSR count). The fourth-order valence-electron chi connectivity index (χ4n) is 2.65. The summed E-state index contributed by atoms with van der Waals surface area (Å²) in [4.78, 5) is 28.0. The second-order valence-electron chi connectivity index (χ2n) is 5.50. The monoisotopic (exact) mass is 277 g/mol. The smallest absolute Gasteiger partial charge is 0.253 e.